The van der Waals surface area contributed by atoms with Crippen LogP contribution in [0, 0.1) is 6.92 Å². The van der Waals surface area contributed by atoms with E-state index < -0.39 is 35.4 Å². The van der Waals surface area contributed by atoms with Gasteiger partial charge in [0.05, 0.1) is 5.02 Å². The van der Waals surface area contributed by atoms with Crippen LogP contribution in [0.1, 0.15) is 5.56 Å². The molecule has 114 valence electrons. The van der Waals surface area contributed by atoms with Crippen molar-refractivity contribution in [3.8, 4) is 0 Å². The third kappa shape index (κ3) is 2.70. The number of nitrogen functional groups attached to an aromatic ring is 1. The molecule has 0 saturated heterocycles. The van der Waals surface area contributed by atoms with Gasteiger partial charge in [-0.3, -0.25) is 9.11 Å². The number of fused-ring (bicyclic) bond motifs is 1. The van der Waals surface area contributed by atoms with Crippen molar-refractivity contribution in [3.63, 3.8) is 0 Å². The third-order valence-electron chi connectivity index (χ3n) is 2.91. The van der Waals surface area contributed by atoms with Crippen LogP contribution in [0.25, 0.3) is 10.8 Å². The van der Waals surface area contributed by atoms with Crippen molar-refractivity contribution in [2.75, 3.05) is 5.73 Å². The molecule has 0 saturated carbocycles. The molecule has 10 heteroatoms. The van der Waals surface area contributed by atoms with Crippen LogP contribution in [-0.2, 0) is 20.2 Å². The van der Waals surface area contributed by atoms with Crippen molar-refractivity contribution in [1.29, 1.82) is 0 Å². The van der Waals surface area contributed by atoms with E-state index in [0.29, 0.717) is 0 Å². The van der Waals surface area contributed by atoms with Crippen molar-refractivity contribution < 1.29 is 25.9 Å². The second-order valence-corrected chi connectivity index (χ2v) is 7.52. The van der Waals surface area contributed by atoms with Crippen molar-refractivity contribution in [2.45, 2.75) is 16.7 Å². The SMILES string of the molecule is Cc1cc(S(=O)(=O)O)c2c(S(=O)(=O)O)ccc(N)c2c1Cl. The summed E-state index contributed by atoms with van der Waals surface area (Å²) in [5, 5.41) is -0.490. The van der Waals surface area contributed by atoms with Gasteiger partial charge in [0.1, 0.15) is 9.79 Å². The quantitative estimate of drug-likeness (QED) is 0.555. The van der Waals surface area contributed by atoms with E-state index >= 15 is 0 Å². The Morgan fingerprint density at radius 3 is 2.00 bits per heavy atom. The Morgan fingerprint density at radius 2 is 1.52 bits per heavy atom. The summed E-state index contributed by atoms with van der Waals surface area (Å²) in [5.41, 5.74) is 6.00. The molecule has 0 fully saturated rings. The van der Waals surface area contributed by atoms with Crippen LogP contribution in [-0.4, -0.2) is 25.9 Å². The molecule has 0 amide bonds. The first kappa shape index (κ1) is 16.0. The van der Waals surface area contributed by atoms with E-state index in [4.69, 9.17) is 17.3 Å². The molecule has 0 aromatic heterocycles. The Bertz CT molecular complexity index is 966. The molecule has 0 aliphatic carbocycles. The summed E-state index contributed by atoms with van der Waals surface area (Å²) in [5.74, 6) is 0. The summed E-state index contributed by atoms with van der Waals surface area (Å²) < 4.78 is 64.4. The maximum Gasteiger partial charge on any atom is 0.295 e. The fourth-order valence-corrected chi connectivity index (χ4v) is 3.86. The topological polar surface area (TPSA) is 135 Å². The summed E-state index contributed by atoms with van der Waals surface area (Å²) in [6.45, 7) is 1.47. The predicted octanol–water partition coefficient (Wildman–Crippen LogP) is 1.88. The summed E-state index contributed by atoms with van der Waals surface area (Å²) in [6.07, 6.45) is 0. The van der Waals surface area contributed by atoms with Crippen molar-refractivity contribution in [3.05, 3.63) is 28.8 Å². The van der Waals surface area contributed by atoms with Crippen LogP contribution < -0.4 is 5.73 Å². The molecular formula is C11H10ClNO6S2. The average molecular weight is 352 g/mol. The van der Waals surface area contributed by atoms with Gasteiger partial charge in [0.25, 0.3) is 20.2 Å². The lowest BCUT2D eigenvalue weighted by Gasteiger charge is -2.13. The van der Waals surface area contributed by atoms with Gasteiger partial charge < -0.3 is 5.73 Å². The molecule has 0 radical (unpaired) electrons. The van der Waals surface area contributed by atoms with E-state index in [1.165, 1.54) is 13.0 Å². The van der Waals surface area contributed by atoms with Crippen LogP contribution in [0.3, 0.4) is 0 Å². The van der Waals surface area contributed by atoms with Gasteiger partial charge in [-0.15, -0.1) is 0 Å². The minimum Gasteiger partial charge on any atom is -0.398 e. The van der Waals surface area contributed by atoms with E-state index in [9.17, 15) is 25.9 Å². The summed E-state index contributed by atoms with van der Waals surface area (Å²) in [6, 6.07) is 3.12. The molecule has 2 aromatic rings. The largest absolute Gasteiger partial charge is 0.398 e. The van der Waals surface area contributed by atoms with Crippen molar-refractivity contribution >= 4 is 48.3 Å². The number of hydrogen-bond acceptors (Lipinski definition) is 5. The highest BCUT2D eigenvalue weighted by Crippen LogP contribution is 2.39. The molecule has 2 aromatic carbocycles. The van der Waals surface area contributed by atoms with Gasteiger partial charge in [0.2, 0.25) is 0 Å². The molecule has 0 bridgehead atoms. The second-order valence-electron chi connectivity index (χ2n) is 4.36. The van der Waals surface area contributed by atoms with Crippen molar-refractivity contribution in [1.82, 2.24) is 0 Å². The zero-order valence-corrected chi connectivity index (χ0v) is 12.9. The zero-order chi connectivity index (χ0) is 16.2. The Hall–Kier alpha value is -1.39. The highest BCUT2D eigenvalue weighted by Gasteiger charge is 2.25. The van der Waals surface area contributed by atoms with Crippen LogP contribution in [0.5, 0.6) is 0 Å². The number of nitrogens with two attached hydrogens (primary N) is 1. The molecule has 0 aliphatic rings. The van der Waals surface area contributed by atoms with Gasteiger partial charge in [0.15, 0.2) is 0 Å². The normalized spacial score (nSPS) is 12.8. The predicted molar refractivity (Wildman–Crippen MR) is 77.7 cm³/mol. The van der Waals surface area contributed by atoms with Crippen LogP contribution in [0.2, 0.25) is 5.02 Å². The maximum absolute atomic E-state index is 11.5. The van der Waals surface area contributed by atoms with Gasteiger partial charge >= 0.3 is 0 Å². The fourth-order valence-electron chi connectivity index (χ4n) is 2.03. The van der Waals surface area contributed by atoms with E-state index in [0.717, 1.165) is 12.1 Å². The minimum absolute atomic E-state index is 0.0102. The van der Waals surface area contributed by atoms with Gasteiger partial charge in [-0.25, -0.2) is 0 Å². The standard InChI is InChI=1S/C11H10ClNO6S2/c1-5-4-8(21(17,18)19)10-7(20(14,15)16)3-2-6(13)9(10)11(5)12/h2-4H,13H2,1H3,(H,14,15,16)(H,17,18,19). The lowest BCUT2D eigenvalue weighted by atomic mass is 10.1. The molecule has 0 spiro atoms. The maximum atomic E-state index is 11.5. The molecule has 2 rings (SSSR count). The first-order valence-electron chi connectivity index (χ1n) is 5.41. The number of aryl methyl sites for hydroxylation is 1. The molecule has 4 N–H and O–H groups in total. The minimum atomic E-state index is -4.76. The summed E-state index contributed by atoms with van der Waals surface area (Å²) in [7, 11) is -9.51. The fraction of sp³-hybridized carbons (Fsp3) is 0.0909. The number of hydrogen-bond donors (Lipinski definition) is 3. The molecule has 0 heterocycles. The lowest BCUT2D eigenvalue weighted by Crippen LogP contribution is -2.07. The van der Waals surface area contributed by atoms with Crippen LogP contribution >= 0.6 is 11.6 Å². The smallest absolute Gasteiger partial charge is 0.295 e. The highest BCUT2D eigenvalue weighted by atomic mass is 35.5. The second kappa shape index (κ2) is 4.82. The van der Waals surface area contributed by atoms with Crippen LogP contribution in [0.4, 0.5) is 5.69 Å². The van der Waals surface area contributed by atoms with E-state index in [2.05, 4.69) is 0 Å². The Kier molecular flexibility index (Phi) is 3.67. The molecule has 0 atom stereocenters. The Labute approximate surface area is 125 Å². The lowest BCUT2D eigenvalue weighted by molar-refractivity contribution is 0.483. The molecular weight excluding hydrogens is 342 g/mol. The van der Waals surface area contributed by atoms with Gasteiger partial charge in [-0.05, 0) is 30.7 Å². The van der Waals surface area contributed by atoms with Gasteiger partial charge in [-0.1, -0.05) is 11.6 Å². The van der Waals surface area contributed by atoms with E-state index in [-0.39, 0.29) is 21.7 Å². The number of rotatable bonds is 2. The monoisotopic (exact) mass is 351 g/mol. The Balaban J connectivity index is 3.28. The number of anilines is 1. The Morgan fingerprint density at radius 1 is 1.00 bits per heavy atom. The summed E-state index contributed by atoms with van der Waals surface area (Å²) in [4.78, 5) is -1.40. The van der Waals surface area contributed by atoms with Gasteiger partial charge in [-0.2, -0.15) is 16.8 Å². The zero-order valence-electron chi connectivity index (χ0n) is 10.5. The number of halogens is 1. The van der Waals surface area contributed by atoms with Crippen molar-refractivity contribution in [2.24, 2.45) is 0 Å². The molecule has 0 aliphatic heterocycles. The molecule has 7 nitrogen and oxygen atoms in total. The highest BCUT2D eigenvalue weighted by molar-refractivity contribution is 7.87. The van der Waals surface area contributed by atoms with E-state index in [1.54, 1.807) is 0 Å². The first-order valence-corrected chi connectivity index (χ1v) is 8.66. The first-order chi connectivity index (χ1) is 9.44. The van der Waals surface area contributed by atoms with Gasteiger partial charge in [0, 0.05) is 16.5 Å². The third-order valence-corrected chi connectivity index (χ3v) is 5.18. The molecule has 21 heavy (non-hydrogen) atoms. The average Bonchev–Trinajstić information content (AvgIpc) is 2.30. The number of benzene rings is 2. The van der Waals surface area contributed by atoms with Crippen LogP contribution in [0.15, 0.2) is 28.0 Å². The van der Waals surface area contributed by atoms with E-state index in [1.807, 2.05) is 0 Å². The summed E-state index contributed by atoms with van der Waals surface area (Å²) >= 11 is 6.04. The molecule has 0 unspecified atom stereocenters.